The van der Waals surface area contributed by atoms with E-state index in [4.69, 9.17) is 5.10 Å². The number of rotatable bonds is 12. The number of aromatic nitrogens is 3. The van der Waals surface area contributed by atoms with Crippen molar-refractivity contribution < 1.29 is 4.79 Å². The molecule has 4 N–H and O–H groups in total. The number of fused-ring (bicyclic) bond motifs is 2. The van der Waals surface area contributed by atoms with Crippen LogP contribution >= 0.6 is 0 Å². The Balaban J connectivity index is 1.60. The molecule has 0 radical (unpaired) electrons. The van der Waals surface area contributed by atoms with Crippen molar-refractivity contribution in [3.8, 4) is 6.07 Å². The average molecular weight is 595 g/mol. The smallest absolute Gasteiger partial charge is 0.343 e. The number of H-pyrrole nitrogens is 1. The first-order valence-corrected chi connectivity index (χ1v) is 15.2. The third-order valence-electron chi connectivity index (χ3n) is 9.02. The molecule has 0 bridgehead atoms. The highest BCUT2D eigenvalue weighted by molar-refractivity contribution is 5.94. The van der Waals surface area contributed by atoms with Crippen LogP contribution in [0, 0.1) is 11.3 Å². The van der Waals surface area contributed by atoms with Crippen molar-refractivity contribution in [3.05, 3.63) is 105 Å². The number of carbonyl (C=O) groups excluding carboxylic acids is 1. The minimum Gasteiger partial charge on any atom is -0.388 e. The summed E-state index contributed by atoms with van der Waals surface area (Å²) in [4.78, 5) is 30.7. The first kappa shape index (κ1) is 30.8. The lowest BCUT2D eigenvalue weighted by atomic mass is 9.69. The summed E-state index contributed by atoms with van der Waals surface area (Å²) in [7, 11) is 5.13. The van der Waals surface area contributed by atoms with Crippen LogP contribution in [0.4, 0.5) is 0 Å². The number of nitrogens with zero attached hydrogens (tertiary/aromatic N) is 4. The molecule has 1 amide bonds. The van der Waals surface area contributed by atoms with Gasteiger partial charge in [0.25, 0.3) is 5.91 Å². The van der Waals surface area contributed by atoms with Crippen molar-refractivity contribution in [1.29, 1.82) is 5.26 Å². The van der Waals surface area contributed by atoms with Gasteiger partial charge >= 0.3 is 5.69 Å². The zero-order chi connectivity index (χ0) is 31.6. The van der Waals surface area contributed by atoms with E-state index in [1.54, 1.807) is 14.1 Å². The summed E-state index contributed by atoms with van der Waals surface area (Å²) in [5.74, 6) is 0.409. The van der Waals surface area contributed by atoms with E-state index in [2.05, 4.69) is 63.3 Å². The minimum absolute atomic E-state index is 0.147. The Hall–Kier alpha value is -4.62. The molecular formula is C34H42N8O2. The number of benzene rings is 2. The Morgan fingerprint density at radius 2 is 1.77 bits per heavy atom. The molecule has 2 unspecified atom stereocenters. The van der Waals surface area contributed by atoms with E-state index in [0.717, 1.165) is 58.5 Å². The lowest BCUT2D eigenvalue weighted by Crippen LogP contribution is -2.39. The third-order valence-corrected chi connectivity index (χ3v) is 9.02. The molecule has 2 aromatic carbocycles. The topological polar surface area (TPSA) is 131 Å². The maximum Gasteiger partial charge on any atom is 0.343 e. The third kappa shape index (κ3) is 5.67. The fourth-order valence-electron chi connectivity index (χ4n) is 6.57. The lowest BCUT2D eigenvalue weighted by Gasteiger charge is -2.35. The number of nitrogens with one attached hydrogen (secondary N) is 4. The molecule has 1 fully saturated rings. The van der Waals surface area contributed by atoms with E-state index in [1.807, 2.05) is 32.2 Å². The minimum atomic E-state index is -0.813. The van der Waals surface area contributed by atoms with Crippen LogP contribution in [0.3, 0.4) is 0 Å². The summed E-state index contributed by atoms with van der Waals surface area (Å²) in [5, 5.41) is 23.8. The molecule has 1 saturated carbocycles. The van der Waals surface area contributed by atoms with Gasteiger partial charge in [0.2, 0.25) is 0 Å². The van der Waals surface area contributed by atoms with Gasteiger partial charge < -0.3 is 20.9 Å². The number of carbonyl (C=O) groups is 1. The summed E-state index contributed by atoms with van der Waals surface area (Å²) in [5.41, 5.74) is 6.44. The highest BCUT2D eigenvalue weighted by atomic mass is 16.2. The van der Waals surface area contributed by atoms with Gasteiger partial charge in [-0.15, -0.1) is 0 Å². The SMILES string of the molecule is C=C(NC)c1ccc2c(c1)CCc1cc(C(=O)NC)ccc1C2(CCNCC(=C)N(C(C)C#N)C1CC1)c1nn(C)c(=O)[nH]1. The fourth-order valence-corrected chi connectivity index (χ4v) is 6.57. The van der Waals surface area contributed by atoms with Gasteiger partial charge in [0.05, 0.1) is 11.5 Å². The van der Waals surface area contributed by atoms with Crippen LogP contribution in [0.2, 0.25) is 0 Å². The van der Waals surface area contributed by atoms with E-state index in [-0.39, 0.29) is 17.6 Å². The molecule has 1 aromatic heterocycles. The summed E-state index contributed by atoms with van der Waals surface area (Å²) in [6.45, 7) is 11.5. The largest absolute Gasteiger partial charge is 0.388 e. The Morgan fingerprint density at radius 1 is 1.14 bits per heavy atom. The Kier molecular flexibility index (Phi) is 8.79. The van der Waals surface area contributed by atoms with Crippen molar-refractivity contribution in [2.45, 2.75) is 56.5 Å². The fraction of sp³-hybridized carbons (Fsp3) is 0.412. The normalized spacial score (nSPS) is 17.8. The van der Waals surface area contributed by atoms with Crippen molar-refractivity contribution >= 4 is 11.6 Å². The number of hydrogen-bond donors (Lipinski definition) is 4. The van der Waals surface area contributed by atoms with Gasteiger partial charge in [0.15, 0.2) is 0 Å². The van der Waals surface area contributed by atoms with Gasteiger partial charge in [-0.2, -0.15) is 10.4 Å². The molecule has 5 rings (SSSR count). The molecule has 230 valence electrons. The molecule has 0 saturated heterocycles. The van der Waals surface area contributed by atoms with Gasteiger partial charge in [0.1, 0.15) is 11.9 Å². The number of hydrogen-bond acceptors (Lipinski definition) is 7. The second kappa shape index (κ2) is 12.5. The molecule has 2 atom stereocenters. The summed E-state index contributed by atoms with van der Waals surface area (Å²) in [6.07, 6.45) is 4.20. The van der Waals surface area contributed by atoms with E-state index < -0.39 is 5.41 Å². The zero-order valence-corrected chi connectivity index (χ0v) is 26.1. The zero-order valence-electron chi connectivity index (χ0n) is 26.1. The monoisotopic (exact) mass is 594 g/mol. The van der Waals surface area contributed by atoms with Crippen molar-refractivity contribution in [3.63, 3.8) is 0 Å². The maximum atomic E-state index is 12.9. The van der Waals surface area contributed by atoms with Crippen LogP contribution in [-0.4, -0.2) is 64.8 Å². The lowest BCUT2D eigenvalue weighted by molar-refractivity contribution is 0.0963. The first-order valence-electron chi connectivity index (χ1n) is 15.2. The summed E-state index contributed by atoms with van der Waals surface area (Å²) < 4.78 is 1.34. The molecule has 44 heavy (non-hydrogen) atoms. The Bertz CT molecular complexity index is 1620. The first-order chi connectivity index (χ1) is 21.1. The second-order valence-electron chi connectivity index (χ2n) is 11.8. The summed E-state index contributed by atoms with van der Waals surface area (Å²) >= 11 is 0. The van der Waals surface area contributed by atoms with Gasteiger partial charge in [-0.05, 0) is 91.6 Å². The molecule has 3 aromatic rings. The quantitative estimate of drug-likeness (QED) is 0.237. The second-order valence-corrected chi connectivity index (χ2v) is 11.8. The molecule has 0 spiro atoms. The van der Waals surface area contributed by atoms with Crippen LogP contribution in [0.1, 0.15) is 70.2 Å². The van der Waals surface area contributed by atoms with Crippen LogP contribution < -0.4 is 21.6 Å². The predicted molar refractivity (Wildman–Crippen MR) is 172 cm³/mol. The van der Waals surface area contributed by atoms with Crippen molar-refractivity contribution in [1.82, 2.24) is 35.6 Å². The Labute approximate surface area is 258 Å². The summed E-state index contributed by atoms with van der Waals surface area (Å²) in [6, 6.07) is 14.7. The molecule has 10 nitrogen and oxygen atoms in total. The van der Waals surface area contributed by atoms with E-state index in [1.165, 1.54) is 4.68 Å². The highest BCUT2D eigenvalue weighted by Crippen LogP contribution is 2.46. The molecular weight excluding hydrogens is 552 g/mol. The van der Waals surface area contributed by atoms with Crippen LogP contribution in [-0.2, 0) is 25.3 Å². The predicted octanol–water partition coefficient (Wildman–Crippen LogP) is 2.96. The Morgan fingerprint density at radius 3 is 2.32 bits per heavy atom. The number of amides is 1. The van der Waals surface area contributed by atoms with E-state index in [9.17, 15) is 14.9 Å². The molecule has 1 heterocycles. The van der Waals surface area contributed by atoms with Gasteiger partial charge in [0, 0.05) is 50.7 Å². The van der Waals surface area contributed by atoms with Gasteiger partial charge in [-0.1, -0.05) is 31.4 Å². The number of aromatic amines is 1. The molecule has 2 aliphatic rings. The number of aryl methyl sites for hydroxylation is 3. The van der Waals surface area contributed by atoms with Crippen LogP contribution in [0.15, 0.2) is 60.0 Å². The van der Waals surface area contributed by atoms with E-state index in [0.29, 0.717) is 43.4 Å². The van der Waals surface area contributed by atoms with Crippen molar-refractivity contribution in [2.75, 3.05) is 27.2 Å². The number of nitriles is 1. The van der Waals surface area contributed by atoms with E-state index >= 15 is 0 Å². The molecule has 10 heteroatoms. The molecule has 0 aliphatic heterocycles. The van der Waals surface area contributed by atoms with Crippen LogP contribution in [0.5, 0.6) is 0 Å². The van der Waals surface area contributed by atoms with Gasteiger partial charge in [-0.3, -0.25) is 9.78 Å². The highest BCUT2D eigenvalue weighted by Gasteiger charge is 2.44. The van der Waals surface area contributed by atoms with Crippen molar-refractivity contribution in [2.24, 2.45) is 7.05 Å². The standard InChI is InChI=1S/C34H42N8O2/c1-21(19-35)42(28-11-12-28)22(2)20-38-16-15-34(32-39-33(44)41(6)40-32)29-13-9-24(23(3)36-4)17-25(29)7-8-26-18-27(31(43)37-5)10-14-30(26)34/h9-10,13-14,17-18,21,28,36,38H,2-3,7-8,11-12,15-16,20H2,1,4-6H3,(H,37,43)(H,39,40,44). The van der Waals surface area contributed by atoms with Gasteiger partial charge in [-0.25, -0.2) is 9.48 Å². The average Bonchev–Trinajstić information content (AvgIpc) is 3.83. The van der Waals surface area contributed by atoms with Crippen LogP contribution in [0.25, 0.3) is 5.70 Å². The maximum absolute atomic E-state index is 12.9. The molecule has 2 aliphatic carbocycles.